The third-order valence-electron chi connectivity index (χ3n) is 3.15. The summed E-state index contributed by atoms with van der Waals surface area (Å²) in [4.78, 5) is 23.1. The summed E-state index contributed by atoms with van der Waals surface area (Å²) in [6.45, 7) is 7.63. The highest BCUT2D eigenvalue weighted by Gasteiger charge is 2.28. The maximum Gasteiger partial charge on any atom is 0.305 e. The van der Waals surface area contributed by atoms with E-state index in [-0.39, 0.29) is 17.7 Å². The van der Waals surface area contributed by atoms with Gasteiger partial charge in [0.25, 0.3) is 5.91 Å². The van der Waals surface area contributed by atoms with Crippen molar-refractivity contribution in [1.29, 1.82) is 0 Å². The van der Waals surface area contributed by atoms with Gasteiger partial charge in [-0.1, -0.05) is 36.7 Å². The second-order valence-electron chi connectivity index (χ2n) is 5.95. The van der Waals surface area contributed by atoms with E-state index in [1.54, 1.807) is 12.1 Å². The normalized spacial score (nSPS) is 12.8. The fourth-order valence-electron chi connectivity index (χ4n) is 1.78. The molecule has 0 aliphatic carbocycles. The number of amides is 1. The first kappa shape index (κ1) is 16.7. The Hall–Kier alpha value is -1.36. The zero-order valence-corrected chi connectivity index (χ0v) is 13.7. The van der Waals surface area contributed by atoms with E-state index < -0.39 is 12.0 Å². The molecule has 0 aromatic heterocycles. The minimum Gasteiger partial charge on any atom is -0.481 e. The van der Waals surface area contributed by atoms with E-state index in [1.165, 1.54) is 0 Å². The van der Waals surface area contributed by atoms with Crippen LogP contribution >= 0.6 is 15.9 Å². The summed E-state index contributed by atoms with van der Waals surface area (Å²) in [6.07, 6.45) is -0.0925. The number of carboxylic acid groups (broad SMARTS) is 1. The first-order valence-electron chi connectivity index (χ1n) is 6.40. The fourth-order valence-corrected chi connectivity index (χ4v) is 2.02. The monoisotopic (exact) mass is 341 g/mol. The van der Waals surface area contributed by atoms with E-state index in [4.69, 9.17) is 5.11 Å². The zero-order chi connectivity index (χ0) is 15.5. The highest BCUT2D eigenvalue weighted by atomic mass is 79.9. The Morgan fingerprint density at radius 1 is 1.35 bits per heavy atom. The standard InChI is InChI=1S/C15H20BrNO3/c1-9-7-10(5-6-11(9)16)14(20)17-12(8-13(18)19)15(2,3)4/h5-7,12H,8H2,1-4H3,(H,17,20)(H,18,19). The van der Waals surface area contributed by atoms with Crippen molar-refractivity contribution in [3.8, 4) is 0 Å². The molecule has 0 bridgehead atoms. The molecule has 4 nitrogen and oxygen atoms in total. The van der Waals surface area contributed by atoms with Crippen LogP contribution in [0, 0.1) is 12.3 Å². The lowest BCUT2D eigenvalue weighted by Gasteiger charge is -2.30. The predicted octanol–water partition coefficient (Wildman–Crippen LogP) is 3.38. The van der Waals surface area contributed by atoms with E-state index in [0.29, 0.717) is 5.56 Å². The summed E-state index contributed by atoms with van der Waals surface area (Å²) in [5, 5.41) is 11.8. The van der Waals surface area contributed by atoms with Gasteiger partial charge in [-0.3, -0.25) is 9.59 Å². The van der Waals surface area contributed by atoms with Crippen molar-refractivity contribution in [3.05, 3.63) is 33.8 Å². The molecule has 1 aromatic carbocycles. The number of carbonyl (C=O) groups excluding carboxylic acids is 1. The van der Waals surface area contributed by atoms with Gasteiger partial charge < -0.3 is 10.4 Å². The van der Waals surface area contributed by atoms with E-state index in [1.807, 2.05) is 33.8 Å². The number of hydrogen-bond donors (Lipinski definition) is 2. The van der Waals surface area contributed by atoms with Crippen LogP contribution in [0.1, 0.15) is 43.1 Å². The van der Waals surface area contributed by atoms with E-state index in [9.17, 15) is 9.59 Å². The largest absolute Gasteiger partial charge is 0.481 e. The van der Waals surface area contributed by atoms with Gasteiger partial charge in [-0.05, 0) is 36.1 Å². The van der Waals surface area contributed by atoms with Gasteiger partial charge >= 0.3 is 5.97 Å². The number of carbonyl (C=O) groups is 2. The van der Waals surface area contributed by atoms with Gasteiger partial charge in [-0.25, -0.2) is 0 Å². The number of aryl methyl sites for hydroxylation is 1. The summed E-state index contributed by atoms with van der Waals surface area (Å²) < 4.78 is 0.937. The maximum absolute atomic E-state index is 12.2. The molecule has 1 amide bonds. The first-order chi connectivity index (χ1) is 9.11. The predicted molar refractivity (Wildman–Crippen MR) is 81.8 cm³/mol. The highest BCUT2D eigenvalue weighted by molar-refractivity contribution is 9.10. The van der Waals surface area contributed by atoms with Crippen molar-refractivity contribution >= 4 is 27.8 Å². The number of benzene rings is 1. The molecule has 0 spiro atoms. The fraction of sp³-hybridized carbons (Fsp3) is 0.467. The summed E-state index contributed by atoms with van der Waals surface area (Å²) >= 11 is 3.38. The van der Waals surface area contributed by atoms with Crippen molar-refractivity contribution < 1.29 is 14.7 Å². The van der Waals surface area contributed by atoms with Crippen molar-refractivity contribution in [1.82, 2.24) is 5.32 Å². The molecule has 0 aliphatic rings. The Kier molecular flexibility index (Phi) is 5.34. The average molecular weight is 342 g/mol. The average Bonchev–Trinajstić information content (AvgIpc) is 2.30. The maximum atomic E-state index is 12.2. The molecular weight excluding hydrogens is 322 g/mol. The Balaban J connectivity index is 2.90. The van der Waals surface area contributed by atoms with Crippen LogP contribution in [0.5, 0.6) is 0 Å². The highest BCUT2D eigenvalue weighted by Crippen LogP contribution is 2.23. The molecular formula is C15H20BrNO3. The van der Waals surface area contributed by atoms with Gasteiger partial charge in [0, 0.05) is 16.1 Å². The van der Waals surface area contributed by atoms with Crippen LogP contribution < -0.4 is 5.32 Å². The van der Waals surface area contributed by atoms with Crippen LogP contribution in [0.3, 0.4) is 0 Å². The van der Waals surface area contributed by atoms with Crippen LogP contribution in [0.15, 0.2) is 22.7 Å². The number of nitrogens with one attached hydrogen (secondary N) is 1. The Morgan fingerprint density at radius 2 is 1.95 bits per heavy atom. The van der Waals surface area contributed by atoms with Gasteiger partial charge in [0.15, 0.2) is 0 Å². The number of carboxylic acids is 1. The quantitative estimate of drug-likeness (QED) is 0.882. The number of hydrogen-bond acceptors (Lipinski definition) is 2. The van der Waals surface area contributed by atoms with Crippen LogP contribution in [0.4, 0.5) is 0 Å². The third-order valence-corrected chi connectivity index (χ3v) is 4.04. The van der Waals surface area contributed by atoms with Gasteiger partial charge in [0.2, 0.25) is 0 Å². The van der Waals surface area contributed by atoms with Gasteiger partial charge in [0.05, 0.1) is 6.42 Å². The molecule has 0 radical (unpaired) electrons. The topological polar surface area (TPSA) is 66.4 Å². The molecule has 2 N–H and O–H groups in total. The number of halogens is 1. The van der Waals surface area contributed by atoms with E-state index >= 15 is 0 Å². The molecule has 20 heavy (non-hydrogen) atoms. The molecule has 5 heteroatoms. The van der Waals surface area contributed by atoms with Gasteiger partial charge in [-0.2, -0.15) is 0 Å². The Labute approximate surface area is 127 Å². The second kappa shape index (κ2) is 6.39. The molecule has 0 aliphatic heterocycles. The van der Waals surface area contributed by atoms with Crippen LogP contribution in [0.25, 0.3) is 0 Å². The minimum atomic E-state index is -0.919. The van der Waals surface area contributed by atoms with Crippen molar-refractivity contribution in [2.45, 2.75) is 40.2 Å². The Bertz CT molecular complexity index is 520. The summed E-state index contributed by atoms with van der Waals surface area (Å²) in [5.41, 5.74) is 1.17. The third kappa shape index (κ3) is 4.63. The molecule has 1 atom stereocenters. The van der Waals surface area contributed by atoms with Crippen molar-refractivity contribution in [2.24, 2.45) is 5.41 Å². The lowest BCUT2D eigenvalue weighted by molar-refractivity contribution is -0.138. The zero-order valence-electron chi connectivity index (χ0n) is 12.2. The molecule has 0 heterocycles. The smallest absolute Gasteiger partial charge is 0.305 e. The molecule has 0 fully saturated rings. The first-order valence-corrected chi connectivity index (χ1v) is 7.19. The van der Waals surface area contributed by atoms with Crippen LogP contribution in [-0.2, 0) is 4.79 Å². The summed E-state index contributed by atoms with van der Waals surface area (Å²) in [5.74, 6) is -1.17. The van der Waals surface area contributed by atoms with E-state index in [0.717, 1.165) is 10.0 Å². The van der Waals surface area contributed by atoms with Crippen molar-refractivity contribution in [2.75, 3.05) is 0 Å². The minimum absolute atomic E-state index is 0.0925. The lowest BCUT2D eigenvalue weighted by atomic mass is 9.84. The number of aliphatic carboxylic acids is 1. The van der Waals surface area contributed by atoms with Crippen molar-refractivity contribution in [3.63, 3.8) is 0 Å². The lowest BCUT2D eigenvalue weighted by Crippen LogP contribution is -2.45. The van der Waals surface area contributed by atoms with Gasteiger partial charge in [0.1, 0.15) is 0 Å². The van der Waals surface area contributed by atoms with Gasteiger partial charge in [-0.15, -0.1) is 0 Å². The molecule has 0 saturated carbocycles. The molecule has 1 aromatic rings. The second-order valence-corrected chi connectivity index (χ2v) is 6.81. The molecule has 0 saturated heterocycles. The van der Waals surface area contributed by atoms with Crippen LogP contribution in [-0.4, -0.2) is 23.0 Å². The van der Waals surface area contributed by atoms with Crippen LogP contribution in [0.2, 0.25) is 0 Å². The summed E-state index contributed by atoms with van der Waals surface area (Å²) in [6, 6.07) is 4.89. The molecule has 1 rings (SSSR count). The number of rotatable bonds is 4. The SMILES string of the molecule is Cc1cc(C(=O)NC(CC(=O)O)C(C)(C)C)ccc1Br. The Morgan fingerprint density at radius 3 is 2.40 bits per heavy atom. The molecule has 1 unspecified atom stereocenters. The van der Waals surface area contributed by atoms with E-state index in [2.05, 4.69) is 21.2 Å². The summed E-state index contributed by atoms with van der Waals surface area (Å²) in [7, 11) is 0. The molecule has 110 valence electrons.